The normalized spacial score (nSPS) is 14.4. The lowest BCUT2D eigenvalue weighted by Gasteiger charge is -2.18. The molecule has 1 N–H and O–H groups in total. The molecule has 0 bridgehead atoms. The van der Waals surface area contributed by atoms with Crippen LogP contribution >= 0.6 is 0 Å². The van der Waals surface area contributed by atoms with Crippen molar-refractivity contribution in [1.82, 2.24) is 14.9 Å². The van der Waals surface area contributed by atoms with Gasteiger partial charge in [-0.1, -0.05) is 18.2 Å². The molecule has 2 heterocycles. The van der Waals surface area contributed by atoms with E-state index in [0.29, 0.717) is 36.0 Å². The van der Waals surface area contributed by atoms with Crippen LogP contribution in [-0.4, -0.2) is 54.5 Å². The number of aromatic amines is 1. The average Bonchev–Trinajstić information content (AvgIpc) is 3.47. The van der Waals surface area contributed by atoms with Crippen molar-refractivity contribution in [3.63, 3.8) is 0 Å². The van der Waals surface area contributed by atoms with Gasteiger partial charge in [0.25, 0.3) is 5.91 Å². The lowest BCUT2D eigenvalue weighted by molar-refractivity contribution is -0.122. The maximum Gasteiger partial charge on any atom is 0.278 e. The summed E-state index contributed by atoms with van der Waals surface area (Å²) in [6.45, 7) is 0.423. The summed E-state index contributed by atoms with van der Waals surface area (Å²) >= 11 is 0. The summed E-state index contributed by atoms with van der Waals surface area (Å²) in [5.74, 6) is 3.16. The number of amidine groups is 1. The fourth-order valence-corrected chi connectivity index (χ4v) is 4.16. The molecular weight excluding hydrogens is 456 g/mol. The molecule has 0 fully saturated rings. The fourth-order valence-electron chi connectivity index (χ4n) is 4.16. The van der Waals surface area contributed by atoms with Gasteiger partial charge in [-0.25, -0.2) is 9.98 Å². The molecule has 0 spiro atoms. The number of aromatic nitrogens is 2. The maximum atomic E-state index is 13.5. The zero-order valence-corrected chi connectivity index (χ0v) is 20.3. The van der Waals surface area contributed by atoms with Crippen LogP contribution in [-0.2, 0) is 11.2 Å². The number of carbonyl (C=O) groups excluding carboxylic acids is 1. The summed E-state index contributed by atoms with van der Waals surface area (Å²) < 4.78 is 16.0. The quantitative estimate of drug-likeness (QED) is 0.375. The molecule has 4 aromatic rings. The Morgan fingerprint density at radius 1 is 0.917 bits per heavy atom. The second-order valence-electron chi connectivity index (χ2n) is 8.22. The highest BCUT2D eigenvalue weighted by Crippen LogP contribution is 2.30. The minimum absolute atomic E-state index is 0.174. The van der Waals surface area contributed by atoms with Crippen LogP contribution in [0, 0.1) is 0 Å². The molecule has 0 aliphatic carbocycles. The van der Waals surface area contributed by atoms with Crippen molar-refractivity contribution in [1.29, 1.82) is 0 Å². The highest BCUT2D eigenvalue weighted by Gasteiger charge is 2.31. The van der Waals surface area contributed by atoms with E-state index in [1.807, 2.05) is 60.7 Å². The largest absolute Gasteiger partial charge is 0.497 e. The molecule has 1 amide bonds. The molecule has 0 saturated heterocycles. The number of fused-ring (bicyclic) bond motifs is 1. The molecule has 3 aromatic carbocycles. The molecule has 0 atom stereocenters. The fraction of sp³-hybridized carbons (Fsp3) is 0.179. The van der Waals surface area contributed by atoms with Gasteiger partial charge in [-0.2, -0.15) is 0 Å². The van der Waals surface area contributed by atoms with E-state index in [2.05, 4.69) is 9.97 Å². The minimum atomic E-state index is -0.174. The van der Waals surface area contributed by atoms with Crippen LogP contribution in [0.5, 0.6) is 17.2 Å². The number of rotatable bonds is 8. The molecular formula is C28H26N4O4. The monoisotopic (exact) mass is 482 g/mol. The highest BCUT2D eigenvalue weighted by molar-refractivity contribution is 6.19. The first-order chi connectivity index (χ1) is 17.6. The Balaban J connectivity index is 1.47. The number of hydrogen-bond acceptors (Lipinski definition) is 6. The van der Waals surface area contributed by atoms with Crippen LogP contribution in [0.3, 0.4) is 0 Å². The first-order valence-corrected chi connectivity index (χ1v) is 11.5. The number of para-hydroxylation sites is 2. The van der Waals surface area contributed by atoms with Crippen molar-refractivity contribution in [3.05, 3.63) is 89.4 Å². The predicted molar refractivity (Wildman–Crippen MR) is 139 cm³/mol. The number of H-pyrrole nitrogens is 1. The summed E-state index contributed by atoms with van der Waals surface area (Å²) in [5, 5.41) is 0. The Hall–Kier alpha value is -4.59. The molecule has 1 aliphatic heterocycles. The van der Waals surface area contributed by atoms with E-state index in [9.17, 15) is 4.79 Å². The summed E-state index contributed by atoms with van der Waals surface area (Å²) in [5.41, 5.74) is 3.83. The molecule has 1 aliphatic rings. The summed E-state index contributed by atoms with van der Waals surface area (Å²) in [6.07, 6.45) is 2.31. The van der Waals surface area contributed by atoms with E-state index in [4.69, 9.17) is 19.2 Å². The topological polar surface area (TPSA) is 89.0 Å². The molecule has 5 rings (SSSR count). The van der Waals surface area contributed by atoms with Gasteiger partial charge in [-0.3, -0.25) is 9.69 Å². The molecule has 0 saturated carbocycles. The van der Waals surface area contributed by atoms with Crippen LogP contribution in [0.2, 0.25) is 0 Å². The van der Waals surface area contributed by atoms with Gasteiger partial charge >= 0.3 is 0 Å². The Bertz CT molecular complexity index is 1440. The van der Waals surface area contributed by atoms with Gasteiger partial charge in [0.2, 0.25) is 0 Å². The van der Waals surface area contributed by atoms with Crippen LogP contribution in [0.1, 0.15) is 17.0 Å². The van der Waals surface area contributed by atoms with Crippen LogP contribution in [0.4, 0.5) is 0 Å². The van der Waals surface area contributed by atoms with Crippen LogP contribution in [0.15, 0.2) is 77.4 Å². The second kappa shape index (κ2) is 9.95. The maximum absolute atomic E-state index is 13.5. The number of nitrogens with zero attached hydrogens (tertiary/aromatic N) is 3. The Kier molecular flexibility index (Phi) is 6.40. The highest BCUT2D eigenvalue weighted by atomic mass is 16.5. The number of hydrogen-bond donors (Lipinski definition) is 1. The van der Waals surface area contributed by atoms with Crippen LogP contribution in [0.25, 0.3) is 17.1 Å². The third kappa shape index (κ3) is 4.53. The number of imidazole rings is 1. The van der Waals surface area contributed by atoms with Gasteiger partial charge in [-0.15, -0.1) is 0 Å². The van der Waals surface area contributed by atoms with Gasteiger partial charge < -0.3 is 19.2 Å². The number of benzene rings is 3. The molecule has 182 valence electrons. The standard InChI is InChI=1S/C28H26N4O4/c1-34-20-11-9-19(10-12-20)27-31-23(16-18-8-13-24(35-2)25(17-18)36-3)28(33)32(27)15-14-26-29-21-6-4-5-7-22(21)30-26/h4-13,16-17H,14-15H2,1-3H3,(H,29,30)/b23-16-. The summed E-state index contributed by atoms with van der Waals surface area (Å²) in [4.78, 5) is 27.9. The van der Waals surface area contributed by atoms with Gasteiger partial charge in [-0.05, 0) is 60.2 Å². The number of methoxy groups -OCH3 is 3. The molecule has 0 unspecified atom stereocenters. The van der Waals surface area contributed by atoms with Gasteiger partial charge in [0.15, 0.2) is 11.5 Å². The predicted octanol–water partition coefficient (Wildman–Crippen LogP) is 4.46. The van der Waals surface area contributed by atoms with Gasteiger partial charge in [0.05, 0.1) is 32.4 Å². The lowest BCUT2D eigenvalue weighted by Crippen LogP contribution is -2.34. The molecule has 8 nitrogen and oxygen atoms in total. The average molecular weight is 483 g/mol. The first kappa shape index (κ1) is 23.2. The van der Waals surface area contributed by atoms with Gasteiger partial charge in [0, 0.05) is 18.5 Å². The van der Waals surface area contributed by atoms with Crippen molar-refractivity contribution in [2.75, 3.05) is 27.9 Å². The van der Waals surface area contributed by atoms with Crippen molar-refractivity contribution < 1.29 is 19.0 Å². The van der Waals surface area contributed by atoms with E-state index >= 15 is 0 Å². The van der Waals surface area contributed by atoms with Gasteiger partial charge in [0.1, 0.15) is 23.1 Å². The van der Waals surface area contributed by atoms with E-state index in [0.717, 1.165) is 33.7 Å². The second-order valence-corrected chi connectivity index (χ2v) is 8.22. The zero-order valence-electron chi connectivity index (χ0n) is 20.3. The third-order valence-electron chi connectivity index (χ3n) is 6.02. The van der Waals surface area contributed by atoms with Crippen molar-refractivity contribution in [2.45, 2.75) is 6.42 Å². The smallest absolute Gasteiger partial charge is 0.278 e. The molecule has 8 heteroatoms. The number of amides is 1. The minimum Gasteiger partial charge on any atom is -0.497 e. The lowest BCUT2D eigenvalue weighted by atomic mass is 10.1. The Labute approximate surface area is 208 Å². The van der Waals surface area contributed by atoms with E-state index in [1.54, 1.807) is 38.4 Å². The molecule has 1 aromatic heterocycles. The number of nitrogens with one attached hydrogen (secondary N) is 1. The first-order valence-electron chi connectivity index (χ1n) is 11.5. The third-order valence-corrected chi connectivity index (χ3v) is 6.02. The van der Waals surface area contributed by atoms with E-state index in [1.165, 1.54) is 0 Å². The number of ether oxygens (including phenoxy) is 3. The Morgan fingerprint density at radius 2 is 1.69 bits per heavy atom. The molecule has 36 heavy (non-hydrogen) atoms. The van der Waals surface area contributed by atoms with Crippen molar-refractivity contribution >= 4 is 28.9 Å². The van der Waals surface area contributed by atoms with Crippen molar-refractivity contribution in [3.8, 4) is 17.2 Å². The number of carbonyl (C=O) groups is 1. The number of aliphatic imine (C=N–C) groups is 1. The summed E-state index contributed by atoms with van der Waals surface area (Å²) in [7, 11) is 4.78. The Morgan fingerprint density at radius 3 is 2.42 bits per heavy atom. The van der Waals surface area contributed by atoms with Crippen LogP contribution < -0.4 is 14.2 Å². The summed E-state index contributed by atoms with van der Waals surface area (Å²) in [6, 6.07) is 20.9. The van der Waals surface area contributed by atoms with Crippen molar-refractivity contribution in [2.24, 2.45) is 4.99 Å². The van der Waals surface area contributed by atoms with E-state index in [-0.39, 0.29) is 5.91 Å². The zero-order chi connectivity index (χ0) is 25.1. The van der Waals surface area contributed by atoms with E-state index < -0.39 is 0 Å². The molecule has 0 radical (unpaired) electrons. The SMILES string of the molecule is COc1ccc(C2=N/C(=C\c3ccc(OC)c(OC)c3)C(=O)N2CCc2nc3ccccc3[nH]2)cc1.